The normalized spacial score (nSPS) is 6.00. The SMILES string of the molecule is C=CC(=O)[O-].C=CC(=O)[O-].C=CC(=O)[O-].[Ru+3]. The van der Waals surface area contributed by atoms with Gasteiger partial charge in [-0.1, -0.05) is 19.7 Å². The first-order valence-electron chi connectivity index (χ1n) is 3.32. The van der Waals surface area contributed by atoms with Gasteiger partial charge in [-0.2, -0.15) is 0 Å². The average molecular weight is 314 g/mol. The Morgan fingerprint density at radius 2 is 0.750 bits per heavy atom. The fourth-order valence-electron chi connectivity index (χ4n) is 0. The summed E-state index contributed by atoms with van der Waals surface area (Å²) < 4.78 is 0. The van der Waals surface area contributed by atoms with E-state index in [0.29, 0.717) is 0 Å². The van der Waals surface area contributed by atoms with E-state index in [2.05, 4.69) is 19.7 Å². The molecule has 0 aliphatic carbocycles. The summed E-state index contributed by atoms with van der Waals surface area (Å²) in [6.45, 7) is 8.69. The van der Waals surface area contributed by atoms with E-state index in [0.717, 1.165) is 18.2 Å². The number of aliphatic carboxylic acids is 3. The number of hydrogen-bond donors (Lipinski definition) is 0. The van der Waals surface area contributed by atoms with Crippen molar-refractivity contribution < 1.29 is 49.2 Å². The summed E-state index contributed by atoms with van der Waals surface area (Å²) in [6.07, 6.45) is 2.17. The fourth-order valence-corrected chi connectivity index (χ4v) is 0. The van der Waals surface area contributed by atoms with Crippen molar-refractivity contribution >= 4 is 17.9 Å². The largest absolute Gasteiger partial charge is 3.00 e. The molecule has 6 nitrogen and oxygen atoms in total. The molecule has 0 rings (SSSR count). The van der Waals surface area contributed by atoms with Gasteiger partial charge >= 0.3 is 19.5 Å². The third kappa shape index (κ3) is 85.8. The molecule has 89 valence electrons. The van der Waals surface area contributed by atoms with E-state index in [1.807, 2.05) is 0 Å². The van der Waals surface area contributed by atoms with Crippen LogP contribution >= 0.6 is 0 Å². The maximum Gasteiger partial charge on any atom is 3.00 e. The van der Waals surface area contributed by atoms with Gasteiger partial charge in [-0.05, 0) is 18.2 Å². The van der Waals surface area contributed by atoms with E-state index in [1.165, 1.54) is 0 Å². The van der Waals surface area contributed by atoms with Crippen LogP contribution in [0.4, 0.5) is 0 Å². The average Bonchev–Trinajstić information content (AvgIpc) is 2.19. The van der Waals surface area contributed by atoms with Crippen molar-refractivity contribution in [1.29, 1.82) is 0 Å². The molecule has 0 heterocycles. The molecule has 0 fully saturated rings. The zero-order valence-corrected chi connectivity index (χ0v) is 9.89. The van der Waals surface area contributed by atoms with Crippen LogP contribution < -0.4 is 15.3 Å². The minimum atomic E-state index is -1.23. The first kappa shape index (κ1) is 23.8. The first-order chi connectivity index (χ1) is 6.81. The van der Waals surface area contributed by atoms with Crippen molar-refractivity contribution in [3.63, 3.8) is 0 Å². The molecule has 0 unspecified atom stereocenters. The number of carbonyl (C=O) groups is 3. The van der Waals surface area contributed by atoms with Crippen LogP contribution in [-0.2, 0) is 33.9 Å². The molecule has 0 aliphatic rings. The molecule has 0 bridgehead atoms. The van der Waals surface area contributed by atoms with E-state index < -0.39 is 17.9 Å². The van der Waals surface area contributed by atoms with Gasteiger partial charge in [0.05, 0.1) is 17.9 Å². The summed E-state index contributed by atoms with van der Waals surface area (Å²) in [4.78, 5) is 27.4. The van der Waals surface area contributed by atoms with E-state index >= 15 is 0 Å². The van der Waals surface area contributed by atoms with Gasteiger partial charge < -0.3 is 29.7 Å². The topological polar surface area (TPSA) is 120 Å². The van der Waals surface area contributed by atoms with Crippen LogP contribution in [-0.4, -0.2) is 17.9 Å². The van der Waals surface area contributed by atoms with Gasteiger partial charge in [0, 0.05) is 0 Å². The summed E-state index contributed by atoms with van der Waals surface area (Å²) in [5.74, 6) is -3.69. The molecule has 0 spiro atoms. The van der Waals surface area contributed by atoms with Gasteiger partial charge in [0.1, 0.15) is 0 Å². The molecular formula is C9H9O6Ru. The maximum atomic E-state index is 9.14. The molecule has 7 heteroatoms. The molecule has 0 N–H and O–H groups in total. The molecule has 0 aliphatic heterocycles. The second-order valence-electron chi connectivity index (χ2n) is 1.57. The Hall–Kier alpha value is -1.75. The Morgan fingerprint density at radius 1 is 0.688 bits per heavy atom. The molecule has 0 atom stereocenters. The summed E-state index contributed by atoms with van der Waals surface area (Å²) in [5.41, 5.74) is 0. The van der Waals surface area contributed by atoms with Crippen LogP contribution in [0.15, 0.2) is 38.0 Å². The Bertz CT molecular complexity index is 216. The monoisotopic (exact) mass is 315 g/mol. The van der Waals surface area contributed by atoms with Gasteiger partial charge in [-0.25, -0.2) is 0 Å². The minimum absolute atomic E-state index is 0. The Labute approximate surface area is 105 Å². The third-order valence-corrected chi connectivity index (χ3v) is 0.500. The summed E-state index contributed by atoms with van der Waals surface area (Å²) >= 11 is 0. The second-order valence-corrected chi connectivity index (χ2v) is 1.57. The van der Waals surface area contributed by atoms with Crippen molar-refractivity contribution in [2.24, 2.45) is 0 Å². The van der Waals surface area contributed by atoms with E-state index in [-0.39, 0.29) is 19.5 Å². The molecule has 0 aromatic rings. The molecule has 0 saturated heterocycles. The van der Waals surface area contributed by atoms with Gasteiger partial charge in [0.25, 0.3) is 0 Å². The fraction of sp³-hybridized carbons (Fsp3) is 0. The summed E-state index contributed by atoms with van der Waals surface area (Å²) in [7, 11) is 0. The zero-order chi connectivity index (χ0) is 12.9. The van der Waals surface area contributed by atoms with E-state index in [9.17, 15) is 0 Å². The molecule has 0 aromatic carbocycles. The molecule has 0 aromatic heterocycles. The molecule has 16 heavy (non-hydrogen) atoms. The smallest absolute Gasteiger partial charge is 0.545 e. The number of carboxylic acid groups (broad SMARTS) is 3. The van der Waals surface area contributed by atoms with Crippen LogP contribution in [0.1, 0.15) is 0 Å². The number of rotatable bonds is 3. The third-order valence-electron chi connectivity index (χ3n) is 0.500. The van der Waals surface area contributed by atoms with E-state index in [4.69, 9.17) is 29.7 Å². The Morgan fingerprint density at radius 3 is 0.750 bits per heavy atom. The minimum Gasteiger partial charge on any atom is -0.545 e. The zero-order valence-electron chi connectivity index (χ0n) is 8.16. The number of hydrogen-bond acceptors (Lipinski definition) is 6. The van der Waals surface area contributed by atoms with Crippen LogP contribution in [0.5, 0.6) is 0 Å². The van der Waals surface area contributed by atoms with Crippen molar-refractivity contribution in [3.8, 4) is 0 Å². The first-order valence-corrected chi connectivity index (χ1v) is 3.32. The van der Waals surface area contributed by atoms with Gasteiger partial charge in [0.15, 0.2) is 0 Å². The number of carbonyl (C=O) groups excluding carboxylic acids is 3. The molecular weight excluding hydrogens is 305 g/mol. The van der Waals surface area contributed by atoms with Crippen molar-refractivity contribution in [2.45, 2.75) is 0 Å². The maximum absolute atomic E-state index is 9.14. The van der Waals surface area contributed by atoms with Gasteiger partial charge in [-0.15, -0.1) is 0 Å². The second kappa shape index (κ2) is 18.9. The van der Waals surface area contributed by atoms with Gasteiger partial charge in [-0.3, -0.25) is 0 Å². The summed E-state index contributed by atoms with van der Waals surface area (Å²) in [6, 6.07) is 0. The predicted molar refractivity (Wildman–Crippen MR) is 45.6 cm³/mol. The quantitative estimate of drug-likeness (QED) is 0.399. The van der Waals surface area contributed by atoms with Crippen molar-refractivity contribution in [3.05, 3.63) is 38.0 Å². The predicted octanol–water partition coefficient (Wildman–Crippen LogP) is -3.24. The van der Waals surface area contributed by atoms with Crippen molar-refractivity contribution in [2.75, 3.05) is 0 Å². The van der Waals surface area contributed by atoms with E-state index in [1.54, 1.807) is 0 Å². The molecule has 0 saturated carbocycles. The Balaban J connectivity index is -0.0000000655. The van der Waals surface area contributed by atoms with Crippen LogP contribution in [0.3, 0.4) is 0 Å². The standard InChI is InChI=1S/3C3H4O2.Ru/c3*1-2-3(4)5;/h3*2H,1H2,(H,4,5);/q;;;+3/p-3. The van der Waals surface area contributed by atoms with Gasteiger partial charge in [0.2, 0.25) is 0 Å². The Kier molecular flexibility index (Phi) is 28.2. The van der Waals surface area contributed by atoms with Crippen molar-refractivity contribution in [1.82, 2.24) is 0 Å². The van der Waals surface area contributed by atoms with Crippen LogP contribution in [0.25, 0.3) is 0 Å². The summed E-state index contributed by atoms with van der Waals surface area (Å²) in [5, 5.41) is 27.4. The van der Waals surface area contributed by atoms with Crippen LogP contribution in [0.2, 0.25) is 0 Å². The van der Waals surface area contributed by atoms with Crippen LogP contribution in [0, 0.1) is 0 Å². The molecule has 0 amide bonds. The molecule has 1 radical (unpaired) electrons. The number of carboxylic acids is 3.